The van der Waals surface area contributed by atoms with Crippen LogP contribution in [0.5, 0.6) is 0 Å². The van der Waals surface area contributed by atoms with Crippen molar-refractivity contribution in [2.24, 2.45) is 0 Å². The standard InChI is InChI=1S/C19H21ClN2O5S/c1-4-19(5-2,14-7-9-15(20)10-8-14)21-18(23)13-6-11-17(28(3,26)27)16(12-13)22(24)25/h6-12H,4-5H2,1-3H3,(H,21,23). The molecule has 0 saturated heterocycles. The van der Waals surface area contributed by atoms with Gasteiger partial charge in [-0.3, -0.25) is 14.9 Å². The van der Waals surface area contributed by atoms with Crippen LogP contribution in [0.3, 0.4) is 0 Å². The second-order valence-electron chi connectivity index (χ2n) is 6.46. The van der Waals surface area contributed by atoms with Crippen LogP contribution >= 0.6 is 11.6 Å². The quantitative estimate of drug-likeness (QED) is 0.532. The molecule has 28 heavy (non-hydrogen) atoms. The molecule has 0 heterocycles. The molecular weight excluding hydrogens is 404 g/mol. The fourth-order valence-corrected chi connectivity index (χ4v) is 4.04. The van der Waals surface area contributed by atoms with Crippen LogP contribution in [0.2, 0.25) is 5.02 Å². The van der Waals surface area contributed by atoms with Crippen molar-refractivity contribution in [2.75, 3.05) is 6.26 Å². The van der Waals surface area contributed by atoms with Gasteiger partial charge in [0.25, 0.3) is 11.6 Å². The Kier molecular flexibility index (Phi) is 6.46. The van der Waals surface area contributed by atoms with Gasteiger partial charge in [-0.1, -0.05) is 37.6 Å². The summed E-state index contributed by atoms with van der Waals surface area (Å²) in [5, 5.41) is 14.8. The molecule has 7 nitrogen and oxygen atoms in total. The van der Waals surface area contributed by atoms with E-state index in [0.29, 0.717) is 17.9 Å². The maximum absolute atomic E-state index is 12.8. The molecule has 0 aliphatic rings. The molecule has 2 aromatic carbocycles. The lowest BCUT2D eigenvalue weighted by Crippen LogP contribution is -2.45. The number of nitrogens with zero attached hydrogens (tertiary/aromatic N) is 1. The predicted molar refractivity (Wildman–Crippen MR) is 107 cm³/mol. The Hall–Kier alpha value is -2.45. The fraction of sp³-hybridized carbons (Fsp3) is 0.316. The first-order valence-electron chi connectivity index (χ1n) is 8.61. The normalized spacial score (nSPS) is 11.9. The molecule has 0 aliphatic heterocycles. The van der Waals surface area contributed by atoms with Crippen LogP contribution in [-0.4, -0.2) is 25.5 Å². The van der Waals surface area contributed by atoms with Crippen LogP contribution in [0.4, 0.5) is 5.69 Å². The predicted octanol–water partition coefficient (Wildman–Crippen LogP) is 4.10. The van der Waals surface area contributed by atoms with Crippen LogP contribution < -0.4 is 5.32 Å². The summed E-state index contributed by atoms with van der Waals surface area (Å²) in [6.07, 6.45) is 2.05. The molecule has 1 N–H and O–H groups in total. The summed E-state index contributed by atoms with van der Waals surface area (Å²) in [6, 6.07) is 10.5. The van der Waals surface area contributed by atoms with Gasteiger partial charge >= 0.3 is 0 Å². The number of carbonyl (C=O) groups is 1. The Morgan fingerprint density at radius 3 is 2.18 bits per heavy atom. The molecule has 0 fully saturated rings. The van der Waals surface area contributed by atoms with Gasteiger partial charge in [0.15, 0.2) is 9.84 Å². The van der Waals surface area contributed by atoms with Crippen molar-refractivity contribution in [3.8, 4) is 0 Å². The molecular formula is C19H21ClN2O5S. The fourth-order valence-electron chi connectivity index (χ4n) is 3.08. The molecule has 0 unspecified atom stereocenters. The largest absolute Gasteiger partial charge is 0.343 e. The third-order valence-electron chi connectivity index (χ3n) is 4.77. The zero-order chi connectivity index (χ0) is 21.1. The number of sulfone groups is 1. The van der Waals surface area contributed by atoms with Gasteiger partial charge in [-0.05, 0) is 42.7 Å². The van der Waals surface area contributed by atoms with E-state index in [1.54, 1.807) is 12.1 Å². The van der Waals surface area contributed by atoms with Gasteiger partial charge in [0, 0.05) is 22.9 Å². The number of nitrogens with one attached hydrogen (secondary N) is 1. The molecule has 0 aliphatic carbocycles. The lowest BCUT2D eigenvalue weighted by Gasteiger charge is -2.33. The van der Waals surface area contributed by atoms with Gasteiger partial charge in [0.1, 0.15) is 4.90 Å². The van der Waals surface area contributed by atoms with Gasteiger partial charge in [0.2, 0.25) is 0 Å². The number of halogens is 1. The molecule has 0 bridgehead atoms. The van der Waals surface area contributed by atoms with E-state index in [1.165, 1.54) is 6.07 Å². The van der Waals surface area contributed by atoms with Crippen molar-refractivity contribution in [3.05, 3.63) is 68.7 Å². The van der Waals surface area contributed by atoms with Crippen molar-refractivity contribution < 1.29 is 18.1 Å². The number of rotatable bonds is 7. The topological polar surface area (TPSA) is 106 Å². The van der Waals surface area contributed by atoms with Crippen molar-refractivity contribution in [3.63, 3.8) is 0 Å². The van der Waals surface area contributed by atoms with Crippen molar-refractivity contribution >= 4 is 33.0 Å². The molecule has 0 saturated carbocycles. The number of hydrogen-bond acceptors (Lipinski definition) is 5. The van der Waals surface area contributed by atoms with E-state index in [9.17, 15) is 23.3 Å². The minimum atomic E-state index is -3.80. The lowest BCUT2D eigenvalue weighted by atomic mass is 9.84. The second-order valence-corrected chi connectivity index (χ2v) is 8.88. The van der Waals surface area contributed by atoms with Gasteiger partial charge in [-0.2, -0.15) is 0 Å². The summed E-state index contributed by atoms with van der Waals surface area (Å²) in [5.41, 5.74) is -0.441. The Morgan fingerprint density at radius 2 is 1.71 bits per heavy atom. The molecule has 0 atom stereocenters. The molecule has 0 spiro atoms. The Bertz CT molecular complexity index is 999. The number of nitro groups is 1. The van der Waals surface area contributed by atoms with Crippen molar-refractivity contribution in [1.29, 1.82) is 0 Å². The maximum atomic E-state index is 12.8. The minimum Gasteiger partial charge on any atom is -0.343 e. The SMILES string of the molecule is CCC(CC)(NC(=O)c1ccc(S(C)(=O)=O)c([N+](=O)[O-])c1)c1ccc(Cl)cc1. The highest BCUT2D eigenvalue weighted by Crippen LogP contribution is 2.31. The summed E-state index contributed by atoms with van der Waals surface area (Å²) in [7, 11) is -3.80. The van der Waals surface area contributed by atoms with Crippen LogP contribution in [0, 0.1) is 10.1 Å². The zero-order valence-corrected chi connectivity index (χ0v) is 17.3. The molecule has 0 radical (unpaired) electrons. The van der Waals surface area contributed by atoms with E-state index in [-0.39, 0.29) is 5.56 Å². The minimum absolute atomic E-state index is 0.0133. The number of carbonyl (C=O) groups excluding carboxylic acids is 1. The molecule has 1 amide bonds. The number of nitro benzene ring substituents is 1. The first kappa shape index (κ1) is 21.8. The van der Waals surface area contributed by atoms with Crippen molar-refractivity contribution in [2.45, 2.75) is 37.1 Å². The van der Waals surface area contributed by atoms with E-state index >= 15 is 0 Å². The monoisotopic (exact) mass is 424 g/mol. The van der Waals surface area contributed by atoms with Crippen LogP contribution in [0.1, 0.15) is 42.6 Å². The van der Waals surface area contributed by atoms with E-state index in [0.717, 1.165) is 24.0 Å². The van der Waals surface area contributed by atoms with E-state index in [4.69, 9.17) is 11.6 Å². The second kappa shape index (κ2) is 8.28. The average Bonchev–Trinajstić information content (AvgIpc) is 2.65. The number of hydrogen-bond donors (Lipinski definition) is 1. The van der Waals surface area contributed by atoms with Gasteiger partial charge in [0.05, 0.1) is 10.5 Å². The summed E-state index contributed by atoms with van der Waals surface area (Å²) in [5.74, 6) is -0.526. The zero-order valence-electron chi connectivity index (χ0n) is 15.7. The lowest BCUT2D eigenvalue weighted by molar-refractivity contribution is -0.387. The first-order valence-corrected chi connectivity index (χ1v) is 10.9. The summed E-state index contributed by atoms with van der Waals surface area (Å²) in [4.78, 5) is 22.9. The van der Waals surface area contributed by atoms with Gasteiger partial charge in [-0.15, -0.1) is 0 Å². The summed E-state index contributed by atoms with van der Waals surface area (Å²) < 4.78 is 23.5. The number of amides is 1. The molecule has 2 aromatic rings. The van der Waals surface area contributed by atoms with E-state index in [2.05, 4.69) is 5.32 Å². The Labute approximate surface area is 168 Å². The summed E-state index contributed by atoms with van der Waals surface area (Å²) in [6.45, 7) is 3.85. The highest BCUT2D eigenvalue weighted by Gasteiger charge is 2.32. The molecule has 150 valence electrons. The maximum Gasteiger partial charge on any atom is 0.288 e. The third kappa shape index (κ3) is 4.51. The van der Waals surface area contributed by atoms with Gasteiger partial charge in [-0.25, -0.2) is 8.42 Å². The average molecular weight is 425 g/mol. The van der Waals surface area contributed by atoms with E-state index < -0.39 is 36.8 Å². The Balaban J connectivity index is 2.45. The number of benzene rings is 2. The van der Waals surface area contributed by atoms with Gasteiger partial charge < -0.3 is 5.32 Å². The van der Waals surface area contributed by atoms with E-state index in [1.807, 2.05) is 26.0 Å². The molecule has 0 aromatic heterocycles. The highest BCUT2D eigenvalue weighted by molar-refractivity contribution is 7.90. The highest BCUT2D eigenvalue weighted by atomic mass is 35.5. The van der Waals surface area contributed by atoms with Crippen molar-refractivity contribution in [1.82, 2.24) is 5.32 Å². The van der Waals surface area contributed by atoms with Crippen LogP contribution in [-0.2, 0) is 15.4 Å². The third-order valence-corrected chi connectivity index (χ3v) is 6.17. The molecule has 2 rings (SSSR count). The van der Waals surface area contributed by atoms with Crippen LogP contribution in [0.25, 0.3) is 0 Å². The Morgan fingerprint density at radius 1 is 1.14 bits per heavy atom. The smallest absolute Gasteiger partial charge is 0.288 e. The molecule has 9 heteroatoms. The van der Waals surface area contributed by atoms with Crippen LogP contribution in [0.15, 0.2) is 47.4 Å². The first-order chi connectivity index (χ1) is 13.0. The summed E-state index contributed by atoms with van der Waals surface area (Å²) >= 11 is 5.95.